The molecule has 0 aromatic carbocycles. The van der Waals surface area contributed by atoms with Gasteiger partial charge in [-0.15, -0.1) is 0 Å². The van der Waals surface area contributed by atoms with Crippen LogP contribution in [0.3, 0.4) is 0 Å². The van der Waals surface area contributed by atoms with Crippen molar-refractivity contribution in [1.82, 2.24) is 14.9 Å². The van der Waals surface area contributed by atoms with Crippen molar-refractivity contribution in [2.24, 2.45) is 5.92 Å². The second kappa shape index (κ2) is 7.22. The average Bonchev–Trinajstić information content (AvgIpc) is 2.42. The summed E-state index contributed by atoms with van der Waals surface area (Å²) in [4.78, 5) is 13.5. The second-order valence-corrected chi connectivity index (χ2v) is 6.44. The molecule has 0 aliphatic carbocycles. The normalized spacial score (nSPS) is 16.8. The summed E-state index contributed by atoms with van der Waals surface area (Å²) < 4.78 is 0.977. The molecule has 112 valence electrons. The fourth-order valence-electron chi connectivity index (χ4n) is 2.67. The van der Waals surface area contributed by atoms with Crippen molar-refractivity contribution in [2.45, 2.75) is 19.8 Å². The Kier molecular flexibility index (Phi) is 5.60. The molecule has 1 aliphatic heterocycles. The van der Waals surface area contributed by atoms with E-state index in [0.717, 1.165) is 35.8 Å². The van der Waals surface area contributed by atoms with Crippen LogP contribution in [0, 0.1) is 5.92 Å². The Morgan fingerprint density at radius 1 is 1.40 bits per heavy atom. The van der Waals surface area contributed by atoms with E-state index in [9.17, 15) is 0 Å². The van der Waals surface area contributed by atoms with Gasteiger partial charge in [0, 0.05) is 32.4 Å². The van der Waals surface area contributed by atoms with Crippen LogP contribution < -0.4 is 10.2 Å². The van der Waals surface area contributed by atoms with Crippen molar-refractivity contribution in [2.75, 3.05) is 50.5 Å². The molecule has 1 aromatic rings. The number of halogens is 1. The predicted octanol–water partition coefficient (Wildman–Crippen LogP) is 2.45. The highest BCUT2D eigenvalue weighted by Gasteiger charge is 2.22. The van der Waals surface area contributed by atoms with Crippen LogP contribution >= 0.6 is 15.9 Å². The van der Waals surface area contributed by atoms with Crippen molar-refractivity contribution >= 4 is 27.7 Å². The molecule has 6 heteroatoms. The third kappa shape index (κ3) is 4.06. The summed E-state index contributed by atoms with van der Waals surface area (Å²) in [6, 6.07) is 0. The maximum atomic E-state index is 4.62. The minimum atomic E-state index is 0.709. The van der Waals surface area contributed by atoms with Crippen LogP contribution in [0.5, 0.6) is 0 Å². The quantitative estimate of drug-likeness (QED) is 0.891. The summed E-state index contributed by atoms with van der Waals surface area (Å²) in [5.41, 5.74) is 0. The van der Waals surface area contributed by atoms with Crippen molar-refractivity contribution in [3.05, 3.63) is 10.7 Å². The molecule has 20 heavy (non-hydrogen) atoms. The predicted molar refractivity (Wildman–Crippen MR) is 87.4 cm³/mol. The molecule has 0 radical (unpaired) electrons. The molecule has 1 aromatic heterocycles. The van der Waals surface area contributed by atoms with E-state index in [1.165, 1.54) is 19.4 Å². The van der Waals surface area contributed by atoms with Gasteiger partial charge in [0.15, 0.2) is 0 Å². The van der Waals surface area contributed by atoms with Gasteiger partial charge in [0.1, 0.15) is 5.82 Å². The van der Waals surface area contributed by atoms with Gasteiger partial charge in [0.2, 0.25) is 5.95 Å². The molecule has 0 saturated carbocycles. The molecule has 0 bridgehead atoms. The highest BCUT2D eigenvalue weighted by molar-refractivity contribution is 9.10. The first-order valence-corrected chi connectivity index (χ1v) is 8.05. The van der Waals surface area contributed by atoms with Gasteiger partial charge in [0.25, 0.3) is 0 Å². The molecule has 0 amide bonds. The third-order valence-electron chi connectivity index (χ3n) is 3.60. The molecule has 1 saturated heterocycles. The van der Waals surface area contributed by atoms with Crippen LogP contribution in [0.1, 0.15) is 19.8 Å². The molecular weight excluding hydrogens is 318 g/mol. The molecule has 0 atom stereocenters. The maximum Gasteiger partial charge on any atom is 0.224 e. The summed E-state index contributed by atoms with van der Waals surface area (Å²) in [5.74, 6) is 2.52. The van der Waals surface area contributed by atoms with E-state index in [4.69, 9.17) is 0 Å². The fourth-order valence-corrected chi connectivity index (χ4v) is 3.11. The lowest BCUT2D eigenvalue weighted by Gasteiger charge is -2.34. The van der Waals surface area contributed by atoms with E-state index < -0.39 is 0 Å². The summed E-state index contributed by atoms with van der Waals surface area (Å²) in [7, 11) is 4.30. The van der Waals surface area contributed by atoms with Gasteiger partial charge >= 0.3 is 0 Å². The zero-order chi connectivity index (χ0) is 14.5. The number of nitrogens with one attached hydrogen (secondary N) is 1. The average molecular weight is 342 g/mol. The van der Waals surface area contributed by atoms with Gasteiger partial charge < -0.3 is 15.1 Å². The first-order chi connectivity index (χ1) is 9.60. The molecule has 2 heterocycles. The van der Waals surface area contributed by atoms with Crippen LogP contribution in [0.15, 0.2) is 10.7 Å². The molecule has 0 spiro atoms. The molecule has 2 rings (SSSR count). The molecule has 1 aliphatic rings. The number of hydrogen-bond donors (Lipinski definition) is 1. The van der Waals surface area contributed by atoms with Crippen molar-refractivity contribution in [3.8, 4) is 0 Å². The molecule has 1 fully saturated rings. The maximum absolute atomic E-state index is 4.62. The first kappa shape index (κ1) is 15.5. The van der Waals surface area contributed by atoms with Gasteiger partial charge in [-0.3, -0.25) is 0 Å². The fraction of sp³-hybridized carbons (Fsp3) is 0.714. The largest absolute Gasteiger partial charge is 0.355 e. The van der Waals surface area contributed by atoms with Crippen LogP contribution in [0.2, 0.25) is 0 Å². The minimum Gasteiger partial charge on any atom is -0.355 e. The third-order valence-corrected chi connectivity index (χ3v) is 4.16. The van der Waals surface area contributed by atoms with Crippen LogP contribution in [0.4, 0.5) is 11.8 Å². The minimum absolute atomic E-state index is 0.709. The van der Waals surface area contributed by atoms with E-state index in [0.29, 0.717) is 5.95 Å². The Balaban J connectivity index is 2.00. The number of rotatable bonds is 5. The molecular formula is C14H24BrN5. The number of aromatic nitrogens is 2. The van der Waals surface area contributed by atoms with Crippen LogP contribution in [-0.4, -0.2) is 55.1 Å². The van der Waals surface area contributed by atoms with E-state index >= 15 is 0 Å². The topological polar surface area (TPSA) is 44.3 Å². The van der Waals surface area contributed by atoms with Crippen molar-refractivity contribution < 1.29 is 0 Å². The Morgan fingerprint density at radius 3 is 2.70 bits per heavy atom. The van der Waals surface area contributed by atoms with Crippen LogP contribution in [-0.2, 0) is 0 Å². The summed E-state index contributed by atoms with van der Waals surface area (Å²) in [6.45, 7) is 6.21. The Bertz CT molecular complexity index is 430. The van der Waals surface area contributed by atoms with Gasteiger partial charge in [0.05, 0.1) is 4.47 Å². The lowest BCUT2D eigenvalue weighted by atomic mass is 9.96. The Labute approximate surface area is 129 Å². The van der Waals surface area contributed by atoms with Gasteiger partial charge in [-0.25, -0.2) is 4.98 Å². The van der Waals surface area contributed by atoms with E-state index in [-0.39, 0.29) is 0 Å². The number of anilines is 2. The molecule has 0 unspecified atom stereocenters. The number of hydrogen-bond acceptors (Lipinski definition) is 5. The SMILES string of the molecule is CCNc1ncc(Br)c(N2CCC(CN(C)C)CC2)n1. The first-order valence-electron chi connectivity index (χ1n) is 7.26. The Morgan fingerprint density at radius 2 is 2.10 bits per heavy atom. The summed E-state index contributed by atoms with van der Waals surface area (Å²) in [6.07, 6.45) is 4.29. The molecule has 1 N–H and O–H groups in total. The summed E-state index contributed by atoms with van der Waals surface area (Å²) >= 11 is 3.57. The second-order valence-electron chi connectivity index (χ2n) is 5.59. The zero-order valence-electron chi connectivity index (χ0n) is 12.6. The number of piperidine rings is 1. The Hall–Kier alpha value is -0.880. The summed E-state index contributed by atoms with van der Waals surface area (Å²) in [5, 5.41) is 3.17. The molecule has 5 nitrogen and oxygen atoms in total. The van der Waals surface area contributed by atoms with Crippen molar-refractivity contribution in [1.29, 1.82) is 0 Å². The lowest BCUT2D eigenvalue weighted by Crippen LogP contribution is -2.37. The highest BCUT2D eigenvalue weighted by Crippen LogP contribution is 2.28. The van der Waals surface area contributed by atoms with Gasteiger partial charge in [-0.1, -0.05) is 0 Å². The lowest BCUT2D eigenvalue weighted by molar-refractivity contribution is 0.284. The van der Waals surface area contributed by atoms with Gasteiger partial charge in [-0.2, -0.15) is 4.98 Å². The van der Waals surface area contributed by atoms with Crippen LogP contribution in [0.25, 0.3) is 0 Å². The highest BCUT2D eigenvalue weighted by atomic mass is 79.9. The van der Waals surface area contributed by atoms with Gasteiger partial charge in [-0.05, 0) is 55.7 Å². The van der Waals surface area contributed by atoms with E-state index in [1.54, 1.807) is 0 Å². The van der Waals surface area contributed by atoms with E-state index in [1.807, 2.05) is 6.20 Å². The van der Waals surface area contributed by atoms with Crippen molar-refractivity contribution in [3.63, 3.8) is 0 Å². The number of nitrogens with zero attached hydrogens (tertiary/aromatic N) is 4. The smallest absolute Gasteiger partial charge is 0.224 e. The monoisotopic (exact) mass is 341 g/mol. The van der Waals surface area contributed by atoms with E-state index in [2.05, 4.69) is 62.0 Å². The standard InChI is InChI=1S/C14H24BrN5/c1-4-16-14-17-9-12(15)13(18-14)20-7-5-11(6-8-20)10-19(2)3/h9,11H,4-8,10H2,1-3H3,(H,16,17,18). The zero-order valence-corrected chi connectivity index (χ0v) is 14.2.